The van der Waals surface area contributed by atoms with Gasteiger partial charge in [0, 0.05) is 18.5 Å². The summed E-state index contributed by atoms with van der Waals surface area (Å²) in [4.78, 5) is 27.4. The molecular formula is C14H13ClN2O2S2. The van der Waals surface area contributed by atoms with E-state index in [1.807, 2.05) is 16.7 Å². The van der Waals surface area contributed by atoms with Crippen LogP contribution in [0, 0.1) is 0 Å². The Bertz CT molecular complexity index is 777. The van der Waals surface area contributed by atoms with E-state index in [0.29, 0.717) is 16.4 Å². The summed E-state index contributed by atoms with van der Waals surface area (Å²) in [6.45, 7) is 5.70. The monoisotopic (exact) mass is 340 g/mol. The lowest BCUT2D eigenvalue weighted by atomic mass is 10.3. The smallest absolute Gasteiger partial charge is 0.258 e. The number of carbonyl (C=O) groups excluding carboxylic acids is 2. The van der Waals surface area contributed by atoms with Gasteiger partial charge in [0.15, 0.2) is 9.92 Å². The Balaban J connectivity index is 2.46. The molecule has 0 radical (unpaired) electrons. The molecule has 110 valence electrons. The minimum Gasteiger partial charge on any atom is -0.313 e. The fourth-order valence-corrected chi connectivity index (χ4v) is 3.46. The van der Waals surface area contributed by atoms with Gasteiger partial charge in [-0.15, -0.1) is 6.58 Å². The zero-order valence-corrected chi connectivity index (χ0v) is 13.7. The molecule has 7 heteroatoms. The van der Waals surface area contributed by atoms with Gasteiger partial charge in [-0.2, -0.15) is 4.99 Å². The van der Waals surface area contributed by atoms with Crippen LogP contribution in [-0.2, 0) is 16.1 Å². The summed E-state index contributed by atoms with van der Waals surface area (Å²) >= 11 is 8.34. The minimum atomic E-state index is -0.328. The van der Waals surface area contributed by atoms with Crippen LogP contribution in [-0.4, -0.2) is 21.3 Å². The van der Waals surface area contributed by atoms with Crippen molar-refractivity contribution in [2.24, 2.45) is 4.99 Å². The first-order chi connectivity index (χ1) is 10.0. The average Bonchev–Trinajstić information content (AvgIpc) is 2.74. The molecule has 1 amide bonds. The van der Waals surface area contributed by atoms with Gasteiger partial charge < -0.3 is 4.57 Å². The van der Waals surface area contributed by atoms with Crippen molar-refractivity contribution in [3.8, 4) is 0 Å². The van der Waals surface area contributed by atoms with Gasteiger partial charge in [0.2, 0.25) is 0 Å². The van der Waals surface area contributed by atoms with Crippen molar-refractivity contribution in [3.63, 3.8) is 0 Å². The molecule has 4 nitrogen and oxygen atoms in total. The topological polar surface area (TPSA) is 51.4 Å². The van der Waals surface area contributed by atoms with Gasteiger partial charge >= 0.3 is 0 Å². The van der Waals surface area contributed by atoms with Gasteiger partial charge in [-0.25, -0.2) is 0 Å². The molecule has 1 aromatic carbocycles. The molecule has 0 aliphatic heterocycles. The largest absolute Gasteiger partial charge is 0.313 e. The van der Waals surface area contributed by atoms with Crippen LogP contribution in [0.2, 0.25) is 5.02 Å². The second kappa shape index (κ2) is 7.06. The SMILES string of the molecule is C=CCn1c(=NC(=O)CSC(C)=O)sc2cc(Cl)ccc21. The Labute approximate surface area is 135 Å². The lowest BCUT2D eigenvalue weighted by Gasteiger charge is -2.00. The Morgan fingerprint density at radius 1 is 1.52 bits per heavy atom. The molecule has 0 spiro atoms. The summed E-state index contributed by atoms with van der Waals surface area (Å²) < 4.78 is 2.86. The molecule has 0 aliphatic carbocycles. The molecule has 0 saturated carbocycles. The fourth-order valence-electron chi connectivity index (χ4n) is 1.74. The number of benzene rings is 1. The number of nitrogens with zero attached hydrogens (tertiary/aromatic N) is 2. The third-order valence-electron chi connectivity index (χ3n) is 2.58. The van der Waals surface area contributed by atoms with E-state index in [4.69, 9.17) is 11.6 Å². The number of amides is 1. The number of rotatable bonds is 4. The van der Waals surface area contributed by atoms with Crippen LogP contribution in [0.5, 0.6) is 0 Å². The maximum absolute atomic E-state index is 11.8. The predicted molar refractivity (Wildman–Crippen MR) is 88.7 cm³/mol. The molecule has 0 saturated heterocycles. The molecule has 0 aliphatic rings. The average molecular weight is 341 g/mol. The molecule has 0 fully saturated rings. The molecule has 0 atom stereocenters. The Morgan fingerprint density at radius 2 is 2.29 bits per heavy atom. The normalized spacial score (nSPS) is 11.8. The number of hydrogen-bond acceptors (Lipinski definition) is 4. The van der Waals surface area contributed by atoms with Crippen LogP contribution >= 0.6 is 34.7 Å². The van der Waals surface area contributed by atoms with E-state index in [1.54, 1.807) is 12.1 Å². The Morgan fingerprint density at radius 3 is 2.95 bits per heavy atom. The van der Waals surface area contributed by atoms with E-state index >= 15 is 0 Å². The lowest BCUT2D eigenvalue weighted by Crippen LogP contribution is -2.17. The zero-order valence-electron chi connectivity index (χ0n) is 11.3. The molecule has 0 N–H and O–H groups in total. The number of thiazole rings is 1. The van der Waals surface area contributed by atoms with Crippen molar-refractivity contribution < 1.29 is 9.59 Å². The highest BCUT2D eigenvalue weighted by atomic mass is 35.5. The second-order valence-corrected chi connectivity index (χ2v) is 6.78. The van der Waals surface area contributed by atoms with Gasteiger partial charge in [0.05, 0.1) is 16.0 Å². The summed E-state index contributed by atoms with van der Waals surface area (Å²) in [6, 6.07) is 5.54. The molecule has 1 aromatic heterocycles. The number of aromatic nitrogens is 1. The van der Waals surface area contributed by atoms with E-state index in [-0.39, 0.29) is 16.8 Å². The van der Waals surface area contributed by atoms with Crippen molar-refractivity contribution in [3.05, 3.63) is 40.7 Å². The zero-order chi connectivity index (χ0) is 15.4. The first-order valence-electron chi connectivity index (χ1n) is 6.12. The highest BCUT2D eigenvalue weighted by molar-refractivity contribution is 8.14. The van der Waals surface area contributed by atoms with Crippen LogP contribution in [0.15, 0.2) is 35.8 Å². The van der Waals surface area contributed by atoms with Crippen LogP contribution in [0.25, 0.3) is 10.2 Å². The van der Waals surface area contributed by atoms with Gasteiger partial charge in [-0.05, 0) is 18.2 Å². The number of allylic oxidation sites excluding steroid dienone is 1. The molecule has 0 unspecified atom stereocenters. The summed E-state index contributed by atoms with van der Waals surface area (Å²) in [7, 11) is 0. The third kappa shape index (κ3) is 4.06. The number of carbonyl (C=O) groups is 2. The van der Waals surface area contributed by atoms with E-state index in [0.717, 1.165) is 22.0 Å². The number of thioether (sulfide) groups is 1. The predicted octanol–water partition coefficient (Wildman–Crippen LogP) is 3.25. The van der Waals surface area contributed by atoms with Crippen molar-refractivity contribution in [2.75, 3.05) is 5.75 Å². The van der Waals surface area contributed by atoms with Crippen LogP contribution in [0.4, 0.5) is 0 Å². The summed E-state index contributed by atoms with van der Waals surface area (Å²) in [6.07, 6.45) is 1.74. The summed E-state index contributed by atoms with van der Waals surface area (Å²) in [5.74, 6) is -0.274. The molecular weight excluding hydrogens is 328 g/mol. The quantitative estimate of drug-likeness (QED) is 0.803. The number of halogens is 1. The highest BCUT2D eigenvalue weighted by Crippen LogP contribution is 2.21. The van der Waals surface area contributed by atoms with Crippen molar-refractivity contribution >= 4 is 55.9 Å². The van der Waals surface area contributed by atoms with E-state index in [9.17, 15) is 9.59 Å². The first-order valence-corrected chi connectivity index (χ1v) is 8.30. The second-order valence-electron chi connectivity index (χ2n) is 4.18. The molecule has 1 heterocycles. The van der Waals surface area contributed by atoms with Gasteiger partial charge in [-0.1, -0.05) is 40.8 Å². The highest BCUT2D eigenvalue weighted by Gasteiger charge is 2.08. The van der Waals surface area contributed by atoms with Gasteiger partial charge in [-0.3, -0.25) is 9.59 Å². The molecule has 21 heavy (non-hydrogen) atoms. The van der Waals surface area contributed by atoms with E-state index in [1.165, 1.54) is 18.3 Å². The van der Waals surface area contributed by atoms with Crippen molar-refractivity contribution in [1.82, 2.24) is 4.57 Å². The van der Waals surface area contributed by atoms with E-state index in [2.05, 4.69) is 11.6 Å². The van der Waals surface area contributed by atoms with Crippen LogP contribution in [0.3, 0.4) is 0 Å². The van der Waals surface area contributed by atoms with Crippen molar-refractivity contribution in [2.45, 2.75) is 13.5 Å². The Kier molecular flexibility index (Phi) is 5.39. The van der Waals surface area contributed by atoms with Gasteiger partial charge in [0.1, 0.15) is 0 Å². The first kappa shape index (κ1) is 16.0. The molecule has 0 bridgehead atoms. The Hall–Kier alpha value is -1.37. The fraction of sp³-hybridized carbons (Fsp3) is 0.214. The third-order valence-corrected chi connectivity index (χ3v) is 4.65. The van der Waals surface area contributed by atoms with Crippen LogP contribution < -0.4 is 4.80 Å². The van der Waals surface area contributed by atoms with E-state index < -0.39 is 0 Å². The number of fused-ring (bicyclic) bond motifs is 1. The molecule has 2 aromatic rings. The maximum atomic E-state index is 11.8. The maximum Gasteiger partial charge on any atom is 0.258 e. The van der Waals surface area contributed by atoms with Gasteiger partial charge in [0.25, 0.3) is 5.91 Å². The summed E-state index contributed by atoms with van der Waals surface area (Å²) in [5, 5.41) is 0.542. The van der Waals surface area contributed by atoms with Crippen molar-refractivity contribution in [1.29, 1.82) is 0 Å². The van der Waals surface area contributed by atoms with Crippen LogP contribution in [0.1, 0.15) is 6.92 Å². The summed E-state index contributed by atoms with van der Waals surface area (Å²) in [5.41, 5.74) is 0.954. The lowest BCUT2D eigenvalue weighted by molar-refractivity contribution is -0.116. The standard InChI is InChI=1S/C14H13ClN2O2S2/c1-3-6-17-11-5-4-10(15)7-12(11)21-14(17)16-13(19)8-20-9(2)18/h3-5,7H,1,6,8H2,2H3. The number of hydrogen-bond donors (Lipinski definition) is 0. The molecule has 2 rings (SSSR count). The minimum absolute atomic E-state index is 0.0540.